The van der Waals surface area contributed by atoms with Crippen LogP contribution in [-0.4, -0.2) is 27.1 Å². The van der Waals surface area contributed by atoms with Gasteiger partial charge in [-0.15, -0.1) is 0 Å². The molecule has 0 unspecified atom stereocenters. The zero-order chi connectivity index (χ0) is 21.4. The molecule has 0 aromatic heterocycles. The van der Waals surface area contributed by atoms with Crippen LogP contribution in [0.2, 0.25) is 0 Å². The van der Waals surface area contributed by atoms with Gasteiger partial charge in [0, 0.05) is 13.0 Å². The second-order valence-electron chi connectivity index (χ2n) is 7.34. The summed E-state index contributed by atoms with van der Waals surface area (Å²) in [6.45, 7) is 6.40. The Morgan fingerprint density at radius 2 is 1.48 bits per heavy atom. The minimum atomic E-state index is -3.41. The molecule has 0 aliphatic carbocycles. The lowest BCUT2D eigenvalue weighted by Crippen LogP contribution is -2.32. The SMILES string of the molecule is CCc1ccc([C@H](C)NC(=O)CCCN(c2ccc(CC)cc2)S(C)(=O)=O)cc1. The Labute approximate surface area is 175 Å². The van der Waals surface area contributed by atoms with E-state index < -0.39 is 10.0 Å². The molecule has 0 aliphatic rings. The van der Waals surface area contributed by atoms with Gasteiger partial charge < -0.3 is 5.32 Å². The van der Waals surface area contributed by atoms with Crippen molar-refractivity contribution in [3.05, 3.63) is 65.2 Å². The fourth-order valence-corrected chi connectivity index (χ4v) is 4.17. The van der Waals surface area contributed by atoms with Crippen LogP contribution in [0.15, 0.2) is 48.5 Å². The van der Waals surface area contributed by atoms with Crippen molar-refractivity contribution in [1.29, 1.82) is 0 Å². The number of hydrogen-bond acceptors (Lipinski definition) is 3. The lowest BCUT2D eigenvalue weighted by molar-refractivity contribution is -0.121. The molecule has 29 heavy (non-hydrogen) atoms. The van der Waals surface area contributed by atoms with Crippen molar-refractivity contribution < 1.29 is 13.2 Å². The van der Waals surface area contributed by atoms with Gasteiger partial charge in [-0.05, 0) is 55.0 Å². The van der Waals surface area contributed by atoms with Crippen molar-refractivity contribution in [2.45, 2.75) is 52.5 Å². The normalized spacial score (nSPS) is 12.4. The average Bonchev–Trinajstić information content (AvgIpc) is 2.70. The molecule has 1 N–H and O–H groups in total. The molecule has 5 nitrogen and oxygen atoms in total. The predicted octanol–water partition coefficient (Wildman–Crippen LogP) is 4.24. The molecule has 2 aromatic carbocycles. The molecule has 158 valence electrons. The lowest BCUT2D eigenvalue weighted by Gasteiger charge is -2.23. The number of rotatable bonds is 10. The summed E-state index contributed by atoms with van der Waals surface area (Å²) in [5, 5.41) is 2.99. The lowest BCUT2D eigenvalue weighted by atomic mass is 10.0. The summed E-state index contributed by atoms with van der Waals surface area (Å²) >= 11 is 0. The van der Waals surface area contributed by atoms with Crippen LogP contribution >= 0.6 is 0 Å². The second kappa shape index (κ2) is 10.4. The molecular weight excluding hydrogens is 384 g/mol. The Kier molecular flexibility index (Phi) is 8.26. The third-order valence-corrected chi connectivity index (χ3v) is 6.26. The number of benzene rings is 2. The zero-order valence-corrected chi connectivity index (χ0v) is 18.6. The maximum Gasteiger partial charge on any atom is 0.232 e. The number of amides is 1. The number of sulfonamides is 1. The first-order valence-electron chi connectivity index (χ1n) is 10.2. The van der Waals surface area contributed by atoms with Crippen LogP contribution in [0.25, 0.3) is 0 Å². The summed E-state index contributed by atoms with van der Waals surface area (Å²) < 4.78 is 25.8. The number of hydrogen-bond donors (Lipinski definition) is 1. The summed E-state index contributed by atoms with van der Waals surface area (Å²) in [7, 11) is -3.41. The number of nitrogens with one attached hydrogen (secondary N) is 1. The molecule has 0 saturated heterocycles. The molecule has 2 rings (SSSR count). The molecule has 0 spiro atoms. The molecule has 2 aromatic rings. The third kappa shape index (κ3) is 6.89. The number of carbonyl (C=O) groups is 1. The van der Waals surface area contributed by atoms with Crippen LogP contribution in [-0.2, 0) is 27.7 Å². The van der Waals surface area contributed by atoms with Gasteiger partial charge in [-0.25, -0.2) is 8.42 Å². The molecular formula is C23H32N2O3S. The Morgan fingerprint density at radius 1 is 0.966 bits per heavy atom. The Balaban J connectivity index is 1.91. The van der Waals surface area contributed by atoms with E-state index in [1.165, 1.54) is 16.1 Å². The summed E-state index contributed by atoms with van der Waals surface area (Å²) in [4.78, 5) is 12.3. The van der Waals surface area contributed by atoms with Gasteiger partial charge >= 0.3 is 0 Å². The second-order valence-corrected chi connectivity index (χ2v) is 9.25. The Bertz CT molecular complexity index is 891. The van der Waals surface area contributed by atoms with Crippen molar-refractivity contribution in [1.82, 2.24) is 5.32 Å². The van der Waals surface area contributed by atoms with Gasteiger partial charge in [0.05, 0.1) is 18.0 Å². The minimum absolute atomic E-state index is 0.0770. The van der Waals surface area contributed by atoms with Crippen LogP contribution in [0.4, 0.5) is 5.69 Å². The quantitative estimate of drug-likeness (QED) is 0.630. The summed E-state index contributed by atoms with van der Waals surface area (Å²) in [5.41, 5.74) is 4.11. The van der Waals surface area contributed by atoms with E-state index in [0.717, 1.165) is 24.0 Å². The van der Waals surface area contributed by atoms with Crippen molar-refractivity contribution >= 4 is 21.6 Å². The Hall–Kier alpha value is -2.34. The molecule has 0 heterocycles. The highest BCUT2D eigenvalue weighted by Crippen LogP contribution is 2.20. The first-order valence-corrected chi connectivity index (χ1v) is 12.0. The highest BCUT2D eigenvalue weighted by molar-refractivity contribution is 7.92. The zero-order valence-electron chi connectivity index (χ0n) is 17.8. The molecule has 0 aliphatic heterocycles. The van der Waals surface area contributed by atoms with Gasteiger partial charge in [0.2, 0.25) is 15.9 Å². The largest absolute Gasteiger partial charge is 0.350 e. The van der Waals surface area contributed by atoms with Crippen molar-refractivity contribution in [3.63, 3.8) is 0 Å². The van der Waals surface area contributed by atoms with Crippen LogP contribution in [0, 0.1) is 0 Å². The number of aryl methyl sites for hydroxylation is 2. The molecule has 0 fully saturated rings. The fourth-order valence-electron chi connectivity index (χ4n) is 3.21. The summed E-state index contributed by atoms with van der Waals surface area (Å²) in [6.07, 6.45) is 3.81. The van der Waals surface area contributed by atoms with E-state index in [0.29, 0.717) is 12.1 Å². The van der Waals surface area contributed by atoms with Gasteiger partial charge in [0.25, 0.3) is 0 Å². The van der Waals surface area contributed by atoms with Gasteiger partial charge in [0.15, 0.2) is 0 Å². The number of anilines is 1. The molecule has 1 amide bonds. The van der Waals surface area contributed by atoms with E-state index in [4.69, 9.17) is 0 Å². The van der Waals surface area contributed by atoms with Gasteiger partial charge in [-0.3, -0.25) is 9.10 Å². The summed E-state index contributed by atoms with van der Waals surface area (Å²) in [6, 6.07) is 15.7. The molecule has 1 atom stereocenters. The van der Waals surface area contributed by atoms with E-state index in [9.17, 15) is 13.2 Å². The predicted molar refractivity (Wildman–Crippen MR) is 120 cm³/mol. The van der Waals surface area contributed by atoms with E-state index in [-0.39, 0.29) is 24.9 Å². The first kappa shape index (κ1) is 22.9. The first-order chi connectivity index (χ1) is 13.7. The highest BCUT2D eigenvalue weighted by atomic mass is 32.2. The van der Waals surface area contributed by atoms with E-state index in [1.807, 2.05) is 43.3 Å². The average molecular weight is 417 g/mol. The van der Waals surface area contributed by atoms with Crippen LogP contribution < -0.4 is 9.62 Å². The van der Waals surface area contributed by atoms with Crippen LogP contribution in [0.1, 0.15) is 56.3 Å². The number of nitrogens with zero attached hydrogens (tertiary/aromatic N) is 1. The molecule has 0 radical (unpaired) electrons. The van der Waals surface area contributed by atoms with Crippen LogP contribution in [0.3, 0.4) is 0 Å². The topological polar surface area (TPSA) is 66.5 Å². The highest BCUT2D eigenvalue weighted by Gasteiger charge is 2.18. The van der Waals surface area contributed by atoms with Crippen LogP contribution in [0.5, 0.6) is 0 Å². The summed E-state index contributed by atoms with van der Waals surface area (Å²) in [5.74, 6) is -0.0770. The third-order valence-electron chi connectivity index (χ3n) is 5.06. The Morgan fingerprint density at radius 3 is 1.97 bits per heavy atom. The molecule has 0 saturated carbocycles. The van der Waals surface area contributed by atoms with E-state index >= 15 is 0 Å². The van der Waals surface area contributed by atoms with Gasteiger partial charge in [-0.2, -0.15) is 0 Å². The van der Waals surface area contributed by atoms with Gasteiger partial charge in [0.1, 0.15) is 0 Å². The molecule has 0 bridgehead atoms. The number of carbonyl (C=O) groups excluding carboxylic acids is 1. The maximum atomic E-state index is 12.3. The van der Waals surface area contributed by atoms with Gasteiger partial charge in [-0.1, -0.05) is 50.2 Å². The smallest absolute Gasteiger partial charge is 0.232 e. The van der Waals surface area contributed by atoms with E-state index in [1.54, 1.807) is 0 Å². The van der Waals surface area contributed by atoms with Crippen molar-refractivity contribution in [3.8, 4) is 0 Å². The van der Waals surface area contributed by atoms with E-state index in [2.05, 4.69) is 31.3 Å². The van der Waals surface area contributed by atoms with Crippen molar-refractivity contribution in [2.75, 3.05) is 17.1 Å². The fraction of sp³-hybridized carbons (Fsp3) is 0.435. The molecule has 6 heteroatoms. The monoisotopic (exact) mass is 416 g/mol. The maximum absolute atomic E-state index is 12.3. The minimum Gasteiger partial charge on any atom is -0.350 e. The van der Waals surface area contributed by atoms with Crippen molar-refractivity contribution in [2.24, 2.45) is 0 Å². The standard InChI is InChI=1S/C23H32N2O3S/c1-5-19-9-13-21(14-10-19)18(3)24-23(26)8-7-17-25(29(4,27)28)22-15-11-20(6-2)12-16-22/h9-16,18H,5-8,17H2,1-4H3,(H,24,26)/t18-/m0/s1.